The van der Waals surface area contributed by atoms with E-state index in [4.69, 9.17) is 4.74 Å². The standard InChI is InChI=1S/C19H17NO2/c1-19(21,16-11-13-20-14-12-16)15-7-9-18(10-8-15)22-17-5-3-2-4-6-17/h2-14,21H,1H3. The highest BCUT2D eigenvalue weighted by molar-refractivity contribution is 5.39. The number of hydrogen-bond acceptors (Lipinski definition) is 3. The van der Waals surface area contributed by atoms with Crippen LogP contribution in [0, 0.1) is 0 Å². The number of nitrogens with zero attached hydrogens (tertiary/aromatic N) is 1. The summed E-state index contributed by atoms with van der Waals surface area (Å²) in [5.41, 5.74) is 0.548. The molecule has 0 aliphatic carbocycles. The summed E-state index contributed by atoms with van der Waals surface area (Å²) in [6.07, 6.45) is 3.35. The summed E-state index contributed by atoms with van der Waals surface area (Å²) in [7, 11) is 0. The van der Waals surface area contributed by atoms with Gasteiger partial charge in [-0.2, -0.15) is 0 Å². The van der Waals surface area contributed by atoms with Crippen molar-refractivity contribution < 1.29 is 9.84 Å². The molecule has 1 N–H and O–H groups in total. The summed E-state index contributed by atoms with van der Waals surface area (Å²) in [4.78, 5) is 3.98. The predicted molar refractivity (Wildman–Crippen MR) is 85.9 cm³/mol. The lowest BCUT2D eigenvalue weighted by molar-refractivity contribution is 0.102. The van der Waals surface area contributed by atoms with Crippen LogP contribution in [0.4, 0.5) is 0 Å². The molecule has 1 heterocycles. The van der Waals surface area contributed by atoms with Crippen LogP contribution in [0.3, 0.4) is 0 Å². The molecule has 1 atom stereocenters. The van der Waals surface area contributed by atoms with Gasteiger partial charge in [0.2, 0.25) is 0 Å². The van der Waals surface area contributed by atoms with Gasteiger partial charge in [-0.3, -0.25) is 4.98 Å². The molecule has 0 spiro atoms. The average Bonchev–Trinajstić information content (AvgIpc) is 2.57. The monoisotopic (exact) mass is 291 g/mol. The zero-order valence-electron chi connectivity index (χ0n) is 12.3. The number of ether oxygens (including phenoxy) is 1. The molecule has 0 aliphatic rings. The molecule has 0 fully saturated rings. The number of para-hydroxylation sites is 1. The summed E-state index contributed by atoms with van der Waals surface area (Å²) >= 11 is 0. The van der Waals surface area contributed by atoms with Crippen molar-refractivity contribution in [3.05, 3.63) is 90.3 Å². The molecule has 3 nitrogen and oxygen atoms in total. The second-order valence-corrected chi connectivity index (χ2v) is 5.25. The first-order valence-electron chi connectivity index (χ1n) is 7.12. The van der Waals surface area contributed by atoms with Crippen LogP contribution in [0.15, 0.2) is 79.1 Å². The molecule has 22 heavy (non-hydrogen) atoms. The fourth-order valence-electron chi connectivity index (χ4n) is 2.32. The molecule has 1 aromatic heterocycles. The van der Waals surface area contributed by atoms with E-state index in [1.54, 1.807) is 19.3 Å². The van der Waals surface area contributed by atoms with E-state index in [1.807, 2.05) is 66.7 Å². The molecule has 3 aromatic rings. The fourth-order valence-corrected chi connectivity index (χ4v) is 2.32. The molecule has 1 unspecified atom stereocenters. The summed E-state index contributed by atoms with van der Waals surface area (Å²) in [6.45, 7) is 1.77. The lowest BCUT2D eigenvalue weighted by Crippen LogP contribution is -2.22. The Morgan fingerprint density at radius 2 is 1.32 bits per heavy atom. The highest BCUT2D eigenvalue weighted by Gasteiger charge is 2.25. The van der Waals surface area contributed by atoms with E-state index in [1.165, 1.54) is 0 Å². The van der Waals surface area contributed by atoms with Gasteiger partial charge in [0, 0.05) is 12.4 Å². The molecule has 2 aromatic carbocycles. The SMILES string of the molecule is CC(O)(c1ccncc1)c1ccc(Oc2ccccc2)cc1. The molecule has 3 rings (SSSR count). The molecule has 0 amide bonds. The largest absolute Gasteiger partial charge is 0.457 e. The third-order valence-electron chi connectivity index (χ3n) is 3.64. The molecule has 3 heteroatoms. The van der Waals surface area contributed by atoms with Crippen LogP contribution in [0.25, 0.3) is 0 Å². The van der Waals surface area contributed by atoms with Crippen molar-refractivity contribution in [1.29, 1.82) is 0 Å². The first-order chi connectivity index (χ1) is 10.7. The minimum Gasteiger partial charge on any atom is -0.457 e. The zero-order valence-corrected chi connectivity index (χ0v) is 12.3. The highest BCUT2D eigenvalue weighted by atomic mass is 16.5. The van der Waals surface area contributed by atoms with E-state index in [0.717, 1.165) is 22.6 Å². The van der Waals surface area contributed by atoms with E-state index in [2.05, 4.69) is 4.98 Å². The lowest BCUT2D eigenvalue weighted by Gasteiger charge is -2.24. The van der Waals surface area contributed by atoms with E-state index in [9.17, 15) is 5.11 Å². The van der Waals surface area contributed by atoms with E-state index >= 15 is 0 Å². The van der Waals surface area contributed by atoms with Gasteiger partial charge in [0.1, 0.15) is 17.1 Å². The smallest absolute Gasteiger partial charge is 0.127 e. The number of pyridine rings is 1. The van der Waals surface area contributed by atoms with Gasteiger partial charge in [-0.15, -0.1) is 0 Å². The van der Waals surface area contributed by atoms with Gasteiger partial charge in [0.15, 0.2) is 0 Å². The van der Waals surface area contributed by atoms with Crippen LogP contribution in [0.1, 0.15) is 18.1 Å². The molecule has 110 valence electrons. The quantitative estimate of drug-likeness (QED) is 0.786. The summed E-state index contributed by atoms with van der Waals surface area (Å²) in [5.74, 6) is 1.52. The highest BCUT2D eigenvalue weighted by Crippen LogP contribution is 2.30. The topological polar surface area (TPSA) is 42.4 Å². The van der Waals surface area contributed by atoms with Gasteiger partial charge < -0.3 is 9.84 Å². The van der Waals surface area contributed by atoms with E-state index in [0.29, 0.717) is 0 Å². The Hall–Kier alpha value is -2.65. The Bertz CT molecular complexity index is 722. The number of aliphatic hydroxyl groups is 1. The first-order valence-corrected chi connectivity index (χ1v) is 7.12. The number of rotatable bonds is 4. The maximum Gasteiger partial charge on any atom is 0.127 e. The fraction of sp³-hybridized carbons (Fsp3) is 0.105. The van der Waals surface area contributed by atoms with Crippen molar-refractivity contribution in [3.8, 4) is 11.5 Å². The first kappa shape index (κ1) is 14.3. The van der Waals surface area contributed by atoms with Crippen LogP contribution < -0.4 is 4.74 Å². The van der Waals surface area contributed by atoms with Crippen molar-refractivity contribution in [2.75, 3.05) is 0 Å². The Labute approximate surface area is 129 Å². The number of aromatic nitrogens is 1. The van der Waals surface area contributed by atoms with Crippen LogP contribution in [0.5, 0.6) is 11.5 Å². The van der Waals surface area contributed by atoms with Crippen molar-refractivity contribution in [3.63, 3.8) is 0 Å². The number of benzene rings is 2. The molecular weight excluding hydrogens is 274 g/mol. The minimum absolute atomic E-state index is 0.737. The normalized spacial score (nSPS) is 13.4. The van der Waals surface area contributed by atoms with Gasteiger partial charge in [-0.05, 0) is 54.4 Å². The minimum atomic E-state index is -1.06. The summed E-state index contributed by atoms with van der Waals surface area (Å²) in [5, 5.41) is 10.8. The third-order valence-corrected chi connectivity index (χ3v) is 3.64. The Balaban J connectivity index is 1.82. The predicted octanol–water partition coefficient (Wildman–Crippen LogP) is 4.13. The van der Waals surface area contributed by atoms with E-state index in [-0.39, 0.29) is 0 Å². The van der Waals surface area contributed by atoms with Gasteiger partial charge in [-0.25, -0.2) is 0 Å². The second-order valence-electron chi connectivity index (χ2n) is 5.25. The molecule has 0 radical (unpaired) electrons. The lowest BCUT2D eigenvalue weighted by atomic mass is 9.89. The molecular formula is C19H17NO2. The number of hydrogen-bond donors (Lipinski definition) is 1. The van der Waals surface area contributed by atoms with Crippen molar-refractivity contribution in [2.45, 2.75) is 12.5 Å². The van der Waals surface area contributed by atoms with Gasteiger partial charge in [0.25, 0.3) is 0 Å². The van der Waals surface area contributed by atoms with Gasteiger partial charge in [-0.1, -0.05) is 30.3 Å². The molecule has 0 saturated heterocycles. The van der Waals surface area contributed by atoms with Crippen LogP contribution >= 0.6 is 0 Å². The van der Waals surface area contributed by atoms with Crippen LogP contribution in [-0.2, 0) is 5.60 Å². The third kappa shape index (κ3) is 3.00. The summed E-state index contributed by atoms with van der Waals surface area (Å²) < 4.78 is 5.76. The second kappa shape index (κ2) is 6.00. The summed E-state index contributed by atoms with van der Waals surface area (Å²) in [6, 6.07) is 20.7. The Morgan fingerprint density at radius 3 is 1.95 bits per heavy atom. The molecule has 0 saturated carbocycles. The van der Waals surface area contributed by atoms with Crippen molar-refractivity contribution in [2.24, 2.45) is 0 Å². The van der Waals surface area contributed by atoms with Gasteiger partial charge in [0.05, 0.1) is 0 Å². The van der Waals surface area contributed by atoms with E-state index < -0.39 is 5.60 Å². The van der Waals surface area contributed by atoms with Crippen molar-refractivity contribution >= 4 is 0 Å². The maximum absolute atomic E-state index is 10.8. The maximum atomic E-state index is 10.8. The average molecular weight is 291 g/mol. The Morgan fingerprint density at radius 1 is 0.773 bits per heavy atom. The van der Waals surface area contributed by atoms with Crippen LogP contribution in [0.2, 0.25) is 0 Å². The van der Waals surface area contributed by atoms with Crippen molar-refractivity contribution in [1.82, 2.24) is 4.98 Å². The zero-order chi connectivity index (χ0) is 15.4. The Kier molecular flexibility index (Phi) is 3.90. The van der Waals surface area contributed by atoms with Gasteiger partial charge >= 0.3 is 0 Å². The molecule has 0 aliphatic heterocycles. The van der Waals surface area contributed by atoms with Crippen LogP contribution in [-0.4, -0.2) is 10.1 Å². The molecule has 0 bridgehead atoms.